The monoisotopic (exact) mass is 252 g/mol. The number of nitrogens with zero attached hydrogens (tertiary/aromatic N) is 3. The Kier molecular flexibility index (Phi) is 3.32. The molecule has 0 aliphatic rings. The molecule has 1 aromatic carbocycles. The highest BCUT2D eigenvalue weighted by Crippen LogP contribution is 2.04. The minimum Gasteiger partial charge on any atom is -0.322 e. The molecule has 4 heteroatoms. The van der Waals surface area contributed by atoms with Gasteiger partial charge in [0, 0.05) is 24.2 Å². The van der Waals surface area contributed by atoms with Gasteiger partial charge in [-0.05, 0) is 17.7 Å². The Morgan fingerprint density at radius 2 is 1.74 bits per heavy atom. The highest BCUT2D eigenvalue weighted by molar-refractivity contribution is 5.15. The fourth-order valence-electron chi connectivity index (χ4n) is 1.98. The molecule has 0 amide bonds. The summed E-state index contributed by atoms with van der Waals surface area (Å²) < 4.78 is 3.90. The van der Waals surface area contributed by atoms with Crippen LogP contribution < -0.4 is 5.43 Å². The van der Waals surface area contributed by atoms with Crippen LogP contribution in [0.15, 0.2) is 67.3 Å². The minimum absolute atomic E-state index is 0.767. The molecule has 3 aromatic rings. The topological polar surface area (TPSA) is 34.8 Å². The number of hydrogen-bond donors (Lipinski definition) is 1. The number of hydrogen-bond acceptors (Lipinski definition) is 2. The maximum Gasteiger partial charge on any atom is 0.0659 e. The van der Waals surface area contributed by atoms with E-state index in [9.17, 15) is 0 Å². The summed E-state index contributed by atoms with van der Waals surface area (Å²) >= 11 is 0. The van der Waals surface area contributed by atoms with E-state index in [0.29, 0.717) is 0 Å². The van der Waals surface area contributed by atoms with Gasteiger partial charge in [0.2, 0.25) is 0 Å². The van der Waals surface area contributed by atoms with Gasteiger partial charge in [0.15, 0.2) is 0 Å². The Bertz CT molecular complexity index is 611. The van der Waals surface area contributed by atoms with Gasteiger partial charge in [0.05, 0.1) is 19.3 Å². The Labute approximate surface area is 112 Å². The van der Waals surface area contributed by atoms with Gasteiger partial charge in [-0.25, -0.2) is 0 Å². The highest BCUT2D eigenvalue weighted by atomic mass is 15.4. The Morgan fingerprint density at radius 3 is 2.53 bits per heavy atom. The molecule has 19 heavy (non-hydrogen) atoms. The van der Waals surface area contributed by atoms with Crippen molar-refractivity contribution in [1.29, 1.82) is 0 Å². The van der Waals surface area contributed by atoms with Crippen molar-refractivity contribution in [3.8, 4) is 0 Å². The van der Waals surface area contributed by atoms with E-state index in [1.54, 1.807) is 0 Å². The summed E-state index contributed by atoms with van der Waals surface area (Å²) in [5.41, 5.74) is 5.71. The predicted molar refractivity (Wildman–Crippen MR) is 75.3 cm³/mol. The molecular formula is C15H16N4. The molecule has 0 radical (unpaired) electrons. The maximum atomic E-state index is 4.38. The van der Waals surface area contributed by atoms with Crippen molar-refractivity contribution in [2.24, 2.45) is 0 Å². The van der Waals surface area contributed by atoms with E-state index in [4.69, 9.17) is 0 Å². The largest absolute Gasteiger partial charge is 0.322 e. The second-order valence-corrected chi connectivity index (χ2v) is 4.46. The lowest BCUT2D eigenvalue weighted by Crippen LogP contribution is -2.11. The number of aromatic nitrogens is 3. The average molecular weight is 252 g/mol. The molecule has 0 aliphatic carbocycles. The third-order valence-corrected chi connectivity index (χ3v) is 2.94. The zero-order valence-electron chi connectivity index (χ0n) is 10.6. The molecule has 0 bridgehead atoms. The fraction of sp³-hybridized carbons (Fsp3) is 0.133. The first kappa shape index (κ1) is 11.6. The summed E-state index contributed by atoms with van der Waals surface area (Å²) in [6.45, 7) is 1.58. The van der Waals surface area contributed by atoms with E-state index in [-0.39, 0.29) is 0 Å². The first-order chi connectivity index (χ1) is 9.40. The van der Waals surface area contributed by atoms with Gasteiger partial charge in [0.1, 0.15) is 0 Å². The quantitative estimate of drug-likeness (QED) is 0.757. The van der Waals surface area contributed by atoms with Crippen LogP contribution in [0.4, 0.5) is 0 Å². The van der Waals surface area contributed by atoms with Crippen molar-refractivity contribution in [2.45, 2.75) is 13.1 Å². The number of rotatable bonds is 5. The molecule has 0 spiro atoms. The molecule has 0 saturated heterocycles. The third-order valence-electron chi connectivity index (χ3n) is 2.94. The molecule has 0 unspecified atom stereocenters. The van der Waals surface area contributed by atoms with Gasteiger partial charge in [-0.15, -0.1) is 0 Å². The fourth-order valence-corrected chi connectivity index (χ4v) is 1.98. The molecule has 3 rings (SSSR count). The van der Waals surface area contributed by atoms with Crippen LogP contribution in [0.5, 0.6) is 0 Å². The van der Waals surface area contributed by atoms with Crippen molar-refractivity contribution in [3.63, 3.8) is 0 Å². The Hall–Kier alpha value is -2.49. The zero-order chi connectivity index (χ0) is 12.9. The van der Waals surface area contributed by atoms with E-state index in [1.165, 1.54) is 11.1 Å². The van der Waals surface area contributed by atoms with Crippen LogP contribution in [0.2, 0.25) is 0 Å². The van der Waals surface area contributed by atoms with Crippen molar-refractivity contribution < 1.29 is 0 Å². The van der Waals surface area contributed by atoms with E-state index in [1.807, 2.05) is 58.3 Å². The lowest BCUT2D eigenvalue weighted by molar-refractivity contribution is 0.686. The molecule has 4 nitrogen and oxygen atoms in total. The van der Waals surface area contributed by atoms with Gasteiger partial charge in [-0.2, -0.15) is 5.10 Å². The van der Waals surface area contributed by atoms with Gasteiger partial charge in [-0.3, -0.25) is 9.36 Å². The average Bonchev–Trinajstić information content (AvgIpc) is 3.09. The molecule has 1 N–H and O–H groups in total. The number of benzene rings is 1. The number of nitrogens with one attached hydrogen (secondary N) is 1. The van der Waals surface area contributed by atoms with Crippen LogP contribution in [0, 0.1) is 0 Å². The summed E-state index contributed by atoms with van der Waals surface area (Å²) in [7, 11) is 0. The van der Waals surface area contributed by atoms with Crippen LogP contribution in [-0.2, 0) is 13.1 Å². The Balaban J connectivity index is 1.60. The molecule has 0 aliphatic heterocycles. The second kappa shape index (κ2) is 5.44. The van der Waals surface area contributed by atoms with E-state index < -0.39 is 0 Å². The highest BCUT2D eigenvalue weighted by Gasteiger charge is 1.99. The summed E-state index contributed by atoms with van der Waals surface area (Å²) in [6.07, 6.45) is 7.94. The van der Waals surface area contributed by atoms with Crippen molar-refractivity contribution in [1.82, 2.24) is 14.5 Å². The van der Waals surface area contributed by atoms with E-state index in [2.05, 4.69) is 28.9 Å². The van der Waals surface area contributed by atoms with Gasteiger partial charge in [0.25, 0.3) is 0 Å². The lowest BCUT2D eigenvalue weighted by atomic mass is 10.2. The van der Waals surface area contributed by atoms with Gasteiger partial charge in [-0.1, -0.05) is 30.3 Å². The summed E-state index contributed by atoms with van der Waals surface area (Å²) in [5, 5.41) is 4.38. The minimum atomic E-state index is 0.767. The standard InChI is InChI=1S/C15H16N4/c1-2-6-14(7-3-1)12-19-13-15(11-17-19)10-16-18-8-4-5-9-18/h1-9,11,13,16H,10,12H2. The molecule has 0 saturated carbocycles. The molecule has 0 fully saturated rings. The van der Waals surface area contributed by atoms with E-state index >= 15 is 0 Å². The Morgan fingerprint density at radius 1 is 0.947 bits per heavy atom. The van der Waals surface area contributed by atoms with Crippen LogP contribution in [-0.4, -0.2) is 14.5 Å². The van der Waals surface area contributed by atoms with Crippen LogP contribution in [0.3, 0.4) is 0 Å². The smallest absolute Gasteiger partial charge is 0.0659 e. The van der Waals surface area contributed by atoms with Crippen LogP contribution in [0.25, 0.3) is 0 Å². The molecule has 2 heterocycles. The SMILES string of the molecule is c1ccc(Cn2cc(CNn3cccc3)cn2)cc1. The molecular weight excluding hydrogens is 236 g/mol. The predicted octanol–water partition coefficient (Wildman–Crippen LogP) is 2.48. The normalized spacial score (nSPS) is 10.5. The lowest BCUT2D eigenvalue weighted by Gasteiger charge is -2.05. The maximum absolute atomic E-state index is 4.38. The van der Waals surface area contributed by atoms with Gasteiger partial charge < -0.3 is 5.43 Å². The second-order valence-electron chi connectivity index (χ2n) is 4.46. The first-order valence-corrected chi connectivity index (χ1v) is 6.32. The van der Waals surface area contributed by atoms with Crippen LogP contribution >= 0.6 is 0 Å². The van der Waals surface area contributed by atoms with Crippen molar-refractivity contribution in [2.75, 3.05) is 5.43 Å². The molecule has 96 valence electrons. The third kappa shape index (κ3) is 3.04. The van der Waals surface area contributed by atoms with Gasteiger partial charge >= 0.3 is 0 Å². The van der Waals surface area contributed by atoms with Crippen molar-refractivity contribution in [3.05, 3.63) is 78.4 Å². The summed E-state index contributed by atoms with van der Waals surface area (Å²) in [4.78, 5) is 0. The van der Waals surface area contributed by atoms with Crippen molar-refractivity contribution >= 4 is 0 Å². The van der Waals surface area contributed by atoms with E-state index in [0.717, 1.165) is 13.1 Å². The zero-order valence-corrected chi connectivity index (χ0v) is 10.6. The summed E-state index contributed by atoms with van der Waals surface area (Å²) in [6, 6.07) is 14.3. The molecule has 2 aromatic heterocycles. The molecule has 0 atom stereocenters. The first-order valence-electron chi connectivity index (χ1n) is 6.32. The summed E-state index contributed by atoms with van der Waals surface area (Å²) in [5.74, 6) is 0. The van der Waals surface area contributed by atoms with Crippen LogP contribution in [0.1, 0.15) is 11.1 Å².